The van der Waals surface area contributed by atoms with E-state index in [2.05, 4.69) is 46.3 Å². The SMILES string of the molecule is CCNC(=O)N1CCC(C)(c2cc(C3C=c4c(NC(=O)c5ccccn5)cccc4=NC3)nn2CC)C1. The molecule has 2 aliphatic heterocycles. The zero-order valence-electron chi connectivity index (χ0n) is 21.6. The number of hydrogen-bond acceptors (Lipinski definition) is 5. The summed E-state index contributed by atoms with van der Waals surface area (Å²) in [4.78, 5) is 36.1. The van der Waals surface area contributed by atoms with Crippen LogP contribution in [-0.4, -0.2) is 57.8 Å². The highest BCUT2D eigenvalue weighted by molar-refractivity contribution is 6.02. The molecular weight excluding hydrogens is 466 g/mol. The largest absolute Gasteiger partial charge is 0.338 e. The number of hydrogen-bond donors (Lipinski definition) is 2. The number of pyridine rings is 1. The number of benzene rings is 1. The van der Waals surface area contributed by atoms with E-state index < -0.39 is 0 Å². The van der Waals surface area contributed by atoms with Crippen LogP contribution in [-0.2, 0) is 12.0 Å². The third-order valence-corrected chi connectivity index (χ3v) is 7.24. The van der Waals surface area contributed by atoms with E-state index in [9.17, 15) is 9.59 Å². The quantitative estimate of drug-likeness (QED) is 0.544. The van der Waals surface area contributed by atoms with Crippen molar-refractivity contribution in [2.24, 2.45) is 4.99 Å². The Kier molecular flexibility index (Phi) is 6.78. The summed E-state index contributed by atoms with van der Waals surface area (Å²) in [6, 6.07) is 13.2. The highest BCUT2D eigenvalue weighted by atomic mass is 16.2. The third kappa shape index (κ3) is 4.85. The van der Waals surface area contributed by atoms with E-state index in [0.29, 0.717) is 31.0 Å². The number of rotatable bonds is 6. The Hall–Kier alpha value is -4.01. The number of nitrogens with one attached hydrogen (secondary N) is 2. The summed E-state index contributed by atoms with van der Waals surface area (Å²) in [7, 11) is 0. The zero-order chi connectivity index (χ0) is 26.0. The van der Waals surface area contributed by atoms with Gasteiger partial charge in [-0.3, -0.25) is 19.5 Å². The maximum absolute atomic E-state index is 12.8. The van der Waals surface area contributed by atoms with Gasteiger partial charge in [0.2, 0.25) is 0 Å². The van der Waals surface area contributed by atoms with Crippen molar-refractivity contribution in [2.45, 2.75) is 45.1 Å². The zero-order valence-corrected chi connectivity index (χ0v) is 21.6. The number of amides is 3. The van der Waals surface area contributed by atoms with E-state index >= 15 is 0 Å². The van der Waals surface area contributed by atoms with Crippen molar-refractivity contribution in [3.8, 4) is 0 Å². The highest BCUT2D eigenvalue weighted by Crippen LogP contribution is 2.36. The lowest BCUT2D eigenvalue weighted by Gasteiger charge is -2.25. The Labute approximate surface area is 216 Å². The molecule has 9 heteroatoms. The smallest absolute Gasteiger partial charge is 0.317 e. The van der Waals surface area contributed by atoms with Crippen molar-refractivity contribution in [2.75, 3.05) is 31.5 Å². The molecule has 0 radical (unpaired) electrons. The molecule has 0 bridgehead atoms. The van der Waals surface area contributed by atoms with E-state index in [0.717, 1.165) is 41.5 Å². The first-order valence-corrected chi connectivity index (χ1v) is 12.9. The number of carbonyl (C=O) groups excluding carboxylic acids is 2. The Morgan fingerprint density at radius 1 is 1.16 bits per heavy atom. The fraction of sp³-hybridized carbons (Fsp3) is 0.393. The van der Waals surface area contributed by atoms with Crippen LogP contribution in [0.5, 0.6) is 0 Å². The molecule has 0 saturated carbocycles. The minimum atomic E-state index is -0.257. The number of carbonyl (C=O) groups is 2. The average molecular weight is 500 g/mol. The summed E-state index contributed by atoms with van der Waals surface area (Å²) >= 11 is 0. The van der Waals surface area contributed by atoms with Crippen molar-refractivity contribution >= 4 is 23.7 Å². The van der Waals surface area contributed by atoms with Gasteiger partial charge in [-0.25, -0.2) is 4.79 Å². The number of likely N-dealkylation sites (tertiary alicyclic amines) is 1. The first kappa shape index (κ1) is 24.7. The van der Waals surface area contributed by atoms with Crippen molar-refractivity contribution in [3.63, 3.8) is 0 Å². The summed E-state index contributed by atoms with van der Waals surface area (Å²) in [6.07, 6.45) is 4.65. The summed E-state index contributed by atoms with van der Waals surface area (Å²) in [6.45, 7) is 9.59. The van der Waals surface area contributed by atoms with Gasteiger partial charge in [0.1, 0.15) is 5.69 Å². The van der Waals surface area contributed by atoms with E-state index in [1.807, 2.05) is 30.0 Å². The monoisotopic (exact) mass is 499 g/mol. The topological polar surface area (TPSA) is 105 Å². The molecular formula is C28H33N7O2. The molecule has 1 saturated heterocycles. The van der Waals surface area contributed by atoms with Crippen molar-refractivity contribution < 1.29 is 9.59 Å². The third-order valence-electron chi connectivity index (χ3n) is 7.24. The van der Waals surface area contributed by atoms with E-state index in [1.165, 1.54) is 0 Å². The second kappa shape index (κ2) is 10.2. The van der Waals surface area contributed by atoms with Gasteiger partial charge in [0, 0.05) is 54.6 Å². The maximum atomic E-state index is 12.8. The average Bonchev–Trinajstić information content (AvgIpc) is 3.54. The summed E-state index contributed by atoms with van der Waals surface area (Å²) in [5.41, 5.74) is 3.00. The lowest BCUT2D eigenvalue weighted by molar-refractivity contribution is 0.102. The second-order valence-electron chi connectivity index (χ2n) is 9.86. The van der Waals surface area contributed by atoms with Gasteiger partial charge < -0.3 is 15.5 Å². The molecule has 2 aliphatic rings. The van der Waals surface area contributed by atoms with Gasteiger partial charge >= 0.3 is 6.03 Å². The predicted octanol–water partition coefficient (Wildman–Crippen LogP) is 2.44. The Bertz CT molecular complexity index is 1430. The number of anilines is 1. The number of fused-ring (bicyclic) bond motifs is 1. The second-order valence-corrected chi connectivity index (χ2v) is 9.86. The molecule has 0 spiro atoms. The van der Waals surface area contributed by atoms with Crippen LogP contribution in [0.1, 0.15) is 55.0 Å². The first-order chi connectivity index (χ1) is 17.9. The molecule has 37 heavy (non-hydrogen) atoms. The van der Waals surface area contributed by atoms with Gasteiger partial charge in [-0.15, -0.1) is 0 Å². The number of aromatic nitrogens is 3. The summed E-state index contributed by atoms with van der Waals surface area (Å²) < 4.78 is 2.06. The van der Waals surface area contributed by atoms with Crippen LogP contribution in [0, 0.1) is 0 Å². The van der Waals surface area contributed by atoms with E-state index in [1.54, 1.807) is 24.4 Å². The lowest BCUT2D eigenvalue weighted by atomic mass is 9.85. The standard InChI is InChI=1S/C28H33N7O2/c1-4-29-27(37)34-14-12-28(3,18-34)25-16-24(33-35(25)5-2)19-15-20-21(31-17-19)10-8-11-22(20)32-26(36)23-9-6-7-13-30-23/h6-11,13,15-16,19H,4-5,12,14,17-18H2,1-3H3,(H,29,37)(H,32,36). The molecule has 0 aliphatic carbocycles. The van der Waals surface area contributed by atoms with Crippen LogP contribution < -0.4 is 21.2 Å². The number of aryl methyl sites for hydroxylation is 1. The molecule has 2 unspecified atom stereocenters. The summed E-state index contributed by atoms with van der Waals surface area (Å²) in [5, 5.41) is 12.6. The number of urea groups is 1. The molecule has 2 atom stereocenters. The van der Waals surface area contributed by atoms with Crippen LogP contribution in [0.4, 0.5) is 10.5 Å². The lowest BCUT2D eigenvalue weighted by Crippen LogP contribution is -2.40. The van der Waals surface area contributed by atoms with Gasteiger partial charge in [0.25, 0.3) is 5.91 Å². The fourth-order valence-corrected chi connectivity index (χ4v) is 5.24. The molecule has 4 heterocycles. The first-order valence-electron chi connectivity index (χ1n) is 12.9. The molecule has 9 nitrogen and oxygen atoms in total. The molecule has 5 rings (SSSR count). The normalized spacial score (nSPS) is 20.5. The Balaban J connectivity index is 1.44. The maximum Gasteiger partial charge on any atom is 0.317 e. The van der Waals surface area contributed by atoms with Crippen molar-refractivity contribution in [3.05, 3.63) is 76.3 Å². The Morgan fingerprint density at radius 2 is 2.03 bits per heavy atom. The molecule has 1 fully saturated rings. The van der Waals surface area contributed by atoms with Gasteiger partial charge in [-0.1, -0.05) is 25.1 Å². The van der Waals surface area contributed by atoms with Gasteiger partial charge in [-0.2, -0.15) is 5.10 Å². The molecule has 3 aromatic rings. The van der Waals surface area contributed by atoms with Crippen molar-refractivity contribution in [1.29, 1.82) is 0 Å². The Morgan fingerprint density at radius 3 is 2.78 bits per heavy atom. The fourth-order valence-electron chi connectivity index (χ4n) is 5.24. The molecule has 2 N–H and O–H groups in total. The van der Waals surface area contributed by atoms with Crippen LogP contribution in [0.3, 0.4) is 0 Å². The molecule has 3 amide bonds. The van der Waals surface area contributed by atoms with Crippen LogP contribution in [0.25, 0.3) is 6.08 Å². The van der Waals surface area contributed by atoms with E-state index in [4.69, 9.17) is 10.1 Å². The minimum Gasteiger partial charge on any atom is -0.338 e. The predicted molar refractivity (Wildman–Crippen MR) is 142 cm³/mol. The van der Waals surface area contributed by atoms with Gasteiger partial charge in [0.15, 0.2) is 0 Å². The van der Waals surface area contributed by atoms with Crippen molar-refractivity contribution in [1.82, 2.24) is 25.0 Å². The minimum absolute atomic E-state index is 0.00897. The van der Waals surface area contributed by atoms with Crippen LogP contribution in [0.15, 0.2) is 53.7 Å². The van der Waals surface area contributed by atoms with Crippen LogP contribution >= 0.6 is 0 Å². The van der Waals surface area contributed by atoms with E-state index in [-0.39, 0.29) is 23.3 Å². The molecule has 1 aromatic carbocycles. The van der Waals surface area contributed by atoms with Gasteiger partial charge in [-0.05, 0) is 50.6 Å². The molecule has 192 valence electrons. The molecule has 2 aromatic heterocycles. The summed E-state index contributed by atoms with van der Waals surface area (Å²) in [5.74, 6) is -0.274. The van der Waals surface area contributed by atoms with Crippen LogP contribution in [0.2, 0.25) is 0 Å². The highest BCUT2D eigenvalue weighted by Gasteiger charge is 2.40. The van der Waals surface area contributed by atoms with Gasteiger partial charge in [0.05, 0.1) is 23.3 Å². The number of nitrogens with zero attached hydrogens (tertiary/aromatic N) is 5.